The highest BCUT2D eigenvalue weighted by Gasteiger charge is 2.32. The lowest BCUT2D eigenvalue weighted by Crippen LogP contribution is -2.28. The molecule has 0 bridgehead atoms. The number of hydrogen-bond acceptors (Lipinski definition) is 2. The highest BCUT2D eigenvalue weighted by Crippen LogP contribution is 2.34. The number of carboxylic acids is 1. The first-order valence-corrected chi connectivity index (χ1v) is 4.50. The van der Waals surface area contributed by atoms with Crippen molar-refractivity contribution < 1.29 is 23.5 Å². The van der Waals surface area contributed by atoms with E-state index < -0.39 is 29.4 Å². The third-order valence-corrected chi connectivity index (χ3v) is 2.41. The summed E-state index contributed by atoms with van der Waals surface area (Å²) in [5.41, 5.74) is -0.283. The van der Waals surface area contributed by atoms with Crippen molar-refractivity contribution in [3.05, 3.63) is 29.3 Å². The Hall–Kier alpha value is -1.98. The fraction of sp³-hybridized carbons (Fsp3) is 0.200. The number of benzene rings is 1. The van der Waals surface area contributed by atoms with E-state index in [0.717, 1.165) is 6.07 Å². The molecule has 1 aromatic carbocycles. The van der Waals surface area contributed by atoms with Crippen LogP contribution in [0.25, 0.3) is 0 Å². The number of aliphatic carboxylic acids is 1. The number of hydrogen-bond donors (Lipinski definition) is 2. The highest BCUT2D eigenvalue weighted by atomic mass is 19.1. The minimum atomic E-state index is -1.28. The van der Waals surface area contributed by atoms with Gasteiger partial charge in [-0.15, -0.1) is 0 Å². The Balaban J connectivity index is 2.61. The zero-order chi connectivity index (χ0) is 11.9. The lowest BCUT2D eigenvalue weighted by atomic mass is 9.90. The molecule has 1 heterocycles. The summed E-state index contributed by atoms with van der Waals surface area (Å²) in [5, 5.41) is 11.1. The minimum absolute atomic E-state index is 0.0374. The van der Waals surface area contributed by atoms with Crippen LogP contribution in [-0.2, 0) is 9.59 Å². The first kappa shape index (κ1) is 10.5. The monoisotopic (exact) mass is 227 g/mol. The summed E-state index contributed by atoms with van der Waals surface area (Å²) >= 11 is 0. The van der Waals surface area contributed by atoms with Gasteiger partial charge in [0.1, 0.15) is 11.6 Å². The molecule has 2 N–H and O–H groups in total. The second-order valence-corrected chi connectivity index (χ2v) is 3.49. The van der Waals surface area contributed by atoms with E-state index in [0.29, 0.717) is 6.07 Å². The SMILES string of the molecule is O=C1CC(C(=O)O)c2cc(F)cc(F)c2N1. The maximum atomic E-state index is 13.3. The number of carbonyl (C=O) groups excluding carboxylic acids is 1. The fourth-order valence-corrected chi connectivity index (χ4v) is 1.71. The van der Waals surface area contributed by atoms with Gasteiger partial charge in [0.05, 0.1) is 11.6 Å². The molecule has 0 aromatic heterocycles. The number of anilines is 1. The Kier molecular flexibility index (Phi) is 2.34. The number of rotatable bonds is 1. The van der Waals surface area contributed by atoms with E-state index in [1.807, 2.05) is 0 Å². The Morgan fingerprint density at radius 3 is 2.75 bits per heavy atom. The molecule has 16 heavy (non-hydrogen) atoms. The summed E-state index contributed by atoms with van der Waals surface area (Å²) in [4.78, 5) is 22.0. The molecule has 0 saturated heterocycles. The smallest absolute Gasteiger partial charge is 0.311 e. The summed E-state index contributed by atoms with van der Waals surface area (Å²) in [7, 11) is 0. The number of nitrogens with one attached hydrogen (secondary N) is 1. The first-order valence-electron chi connectivity index (χ1n) is 4.50. The topological polar surface area (TPSA) is 66.4 Å². The van der Waals surface area contributed by atoms with Crippen LogP contribution in [0.5, 0.6) is 0 Å². The molecule has 0 fully saturated rings. The number of halogens is 2. The van der Waals surface area contributed by atoms with Gasteiger partial charge in [-0.25, -0.2) is 8.78 Å². The maximum absolute atomic E-state index is 13.3. The summed E-state index contributed by atoms with van der Waals surface area (Å²) in [6.45, 7) is 0. The van der Waals surface area contributed by atoms with Gasteiger partial charge in [0.2, 0.25) is 5.91 Å². The molecular formula is C10H7F2NO3. The van der Waals surface area contributed by atoms with E-state index in [2.05, 4.69) is 5.32 Å². The second-order valence-electron chi connectivity index (χ2n) is 3.49. The Labute approximate surface area is 88.9 Å². The van der Waals surface area contributed by atoms with E-state index in [1.165, 1.54) is 0 Å². The third kappa shape index (κ3) is 1.62. The van der Waals surface area contributed by atoms with E-state index in [4.69, 9.17) is 5.11 Å². The van der Waals surface area contributed by atoms with E-state index in [-0.39, 0.29) is 17.7 Å². The molecule has 1 amide bonds. The van der Waals surface area contributed by atoms with E-state index in [9.17, 15) is 18.4 Å². The summed E-state index contributed by atoms with van der Waals surface area (Å²) in [6.07, 6.45) is -0.314. The molecule has 0 saturated carbocycles. The first-order chi connectivity index (χ1) is 7.49. The van der Waals surface area contributed by atoms with Crippen molar-refractivity contribution in [1.29, 1.82) is 0 Å². The molecule has 1 aliphatic rings. The van der Waals surface area contributed by atoms with Crippen molar-refractivity contribution in [1.82, 2.24) is 0 Å². The zero-order valence-corrected chi connectivity index (χ0v) is 7.96. The largest absolute Gasteiger partial charge is 0.481 e. The molecule has 2 rings (SSSR count). The molecule has 6 heteroatoms. The van der Waals surface area contributed by atoms with Gasteiger partial charge in [0, 0.05) is 12.5 Å². The van der Waals surface area contributed by atoms with Crippen molar-refractivity contribution >= 4 is 17.6 Å². The quantitative estimate of drug-likeness (QED) is 0.763. The van der Waals surface area contributed by atoms with Crippen LogP contribution < -0.4 is 5.32 Å². The second kappa shape index (κ2) is 3.55. The summed E-state index contributed by atoms with van der Waals surface area (Å²) in [5.74, 6) is -4.89. The van der Waals surface area contributed by atoms with Crippen LogP contribution in [0, 0.1) is 11.6 Å². The van der Waals surface area contributed by atoms with Crippen molar-refractivity contribution in [3.8, 4) is 0 Å². The van der Waals surface area contributed by atoms with E-state index in [1.54, 1.807) is 0 Å². The van der Waals surface area contributed by atoms with Gasteiger partial charge in [0.25, 0.3) is 0 Å². The van der Waals surface area contributed by atoms with Gasteiger partial charge in [-0.2, -0.15) is 0 Å². The van der Waals surface area contributed by atoms with Gasteiger partial charge >= 0.3 is 5.97 Å². The number of carbonyl (C=O) groups is 2. The summed E-state index contributed by atoms with van der Waals surface area (Å²) < 4.78 is 26.2. The van der Waals surface area contributed by atoms with Crippen molar-refractivity contribution in [2.45, 2.75) is 12.3 Å². The Morgan fingerprint density at radius 2 is 2.12 bits per heavy atom. The third-order valence-electron chi connectivity index (χ3n) is 2.41. The Morgan fingerprint density at radius 1 is 1.44 bits per heavy atom. The van der Waals surface area contributed by atoms with Gasteiger partial charge < -0.3 is 10.4 Å². The Bertz CT molecular complexity index is 487. The van der Waals surface area contributed by atoms with Crippen LogP contribution in [0.1, 0.15) is 17.9 Å². The molecule has 1 aromatic rings. The molecule has 4 nitrogen and oxygen atoms in total. The van der Waals surface area contributed by atoms with Gasteiger partial charge in [-0.3, -0.25) is 9.59 Å². The van der Waals surface area contributed by atoms with Crippen molar-refractivity contribution in [2.24, 2.45) is 0 Å². The minimum Gasteiger partial charge on any atom is -0.481 e. The highest BCUT2D eigenvalue weighted by molar-refractivity contribution is 5.99. The van der Waals surface area contributed by atoms with Gasteiger partial charge in [-0.1, -0.05) is 0 Å². The average molecular weight is 227 g/mol. The van der Waals surface area contributed by atoms with Crippen LogP contribution in [0.15, 0.2) is 12.1 Å². The lowest BCUT2D eigenvalue weighted by Gasteiger charge is -2.22. The van der Waals surface area contributed by atoms with Crippen LogP contribution >= 0.6 is 0 Å². The molecule has 0 aliphatic carbocycles. The standard InChI is InChI=1S/C10H7F2NO3/c11-4-1-5-6(10(15)16)3-8(14)13-9(5)7(12)2-4/h1-2,6H,3H2,(H,13,14)(H,15,16). The molecule has 0 spiro atoms. The fourth-order valence-electron chi connectivity index (χ4n) is 1.71. The molecule has 1 aliphatic heterocycles. The predicted molar refractivity (Wildman–Crippen MR) is 50.0 cm³/mol. The van der Waals surface area contributed by atoms with Crippen molar-refractivity contribution in [2.75, 3.05) is 5.32 Å². The van der Waals surface area contributed by atoms with Crippen LogP contribution in [0.3, 0.4) is 0 Å². The maximum Gasteiger partial charge on any atom is 0.311 e. The molecule has 1 atom stereocenters. The van der Waals surface area contributed by atoms with Gasteiger partial charge in [-0.05, 0) is 11.6 Å². The van der Waals surface area contributed by atoms with E-state index >= 15 is 0 Å². The number of fused-ring (bicyclic) bond motifs is 1. The summed E-state index contributed by atoms with van der Waals surface area (Å²) in [6, 6.07) is 1.53. The normalized spacial score (nSPS) is 18.9. The molecule has 1 unspecified atom stereocenters. The van der Waals surface area contributed by atoms with Crippen molar-refractivity contribution in [3.63, 3.8) is 0 Å². The lowest BCUT2D eigenvalue weighted by molar-refractivity contribution is -0.140. The van der Waals surface area contributed by atoms with Crippen LogP contribution in [0.4, 0.5) is 14.5 Å². The number of amides is 1. The van der Waals surface area contributed by atoms with Crippen LogP contribution in [-0.4, -0.2) is 17.0 Å². The molecule has 0 radical (unpaired) electrons. The number of carboxylic acid groups (broad SMARTS) is 1. The van der Waals surface area contributed by atoms with Crippen LogP contribution in [0.2, 0.25) is 0 Å². The van der Waals surface area contributed by atoms with Gasteiger partial charge in [0.15, 0.2) is 0 Å². The zero-order valence-electron chi connectivity index (χ0n) is 7.96. The molecular weight excluding hydrogens is 220 g/mol. The predicted octanol–water partition coefficient (Wildman–Crippen LogP) is 1.48. The molecule has 84 valence electrons. The average Bonchev–Trinajstić information content (AvgIpc) is 2.18.